The van der Waals surface area contributed by atoms with Crippen molar-refractivity contribution in [1.82, 2.24) is 9.55 Å². The highest BCUT2D eigenvalue weighted by Gasteiger charge is 2.06. The van der Waals surface area contributed by atoms with Crippen molar-refractivity contribution < 1.29 is 13.2 Å². The van der Waals surface area contributed by atoms with Crippen LogP contribution in [0.25, 0.3) is 0 Å². The Labute approximate surface area is 121 Å². The van der Waals surface area contributed by atoms with Crippen LogP contribution in [0.15, 0.2) is 6.20 Å². The summed E-state index contributed by atoms with van der Waals surface area (Å²) in [5.74, 6) is 0.997. The summed E-state index contributed by atoms with van der Waals surface area (Å²) in [6.45, 7) is 6.85. The highest BCUT2D eigenvalue weighted by atomic mass is 32.2. The number of ether oxygens (including phenoxy) is 1. The number of sulfone groups is 1. The van der Waals surface area contributed by atoms with Gasteiger partial charge in [0.25, 0.3) is 0 Å². The van der Waals surface area contributed by atoms with Crippen LogP contribution in [0.2, 0.25) is 0 Å². The predicted octanol–water partition coefficient (Wildman–Crippen LogP) is 1.46. The molecule has 0 atom stereocenters. The molecule has 0 aliphatic rings. The minimum absolute atomic E-state index is 0.198. The number of nitrogens with zero attached hydrogens (tertiary/aromatic N) is 2. The van der Waals surface area contributed by atoms with E-state index in [4.69, 9.17) is 4.74 Å². The molecule has 0 unspecified atom stereocenters. The molecule has 20 heavy (non-hydrogen) atoms. The van der Waals surface area contributed by atoms with Gasteiger partial charge in [0.2, 0.25) is 5.95 Å². The van der Waals surface area contributed by atoms with Gasteiger partial charge in [0.15, 0.2) is 0 Å². The largest absolute Gasteiger partial charge is 0.382 e. The second-order valence-electron chi connectivity index (χ2n) is 4.86. The predicted molar refractivity (Wildman–Crippen MR) is 80.9 cm³/mol. The quantitative estimate of drug-likeness (QED) is 0.663. The van der Waals surface area contributed by atoms with Crippen molar-refractivity contribution >= 4 is 15.8 Å². The average Bonchev–Trinajstić information content (AvgIpc) is 2.70. The molecule has 0 radical (unpaired) electrons. The lowest BCUT2D eigenvalue weighted by Gasteiger charge is -2.09. The Balaban J connectivity index is 2.40. The van der Waals surface area contributed by atoms with Crippen LogP contribution in [-0.2, 0) is 21.1 Å². The molecule has 116 valence electrons. The van der Waals surface area contributed by atoms with Gasteiger partial charge in [0.05, 0.1) is 11.4 Å². The van der Waals surface area contributed by atoms with E-state index in [0.29, 0.717) is 13.0 Å². The molecule has 1 rings (SSSR count). The molecule has 0 aliphatic heterocycles. The summed E-state index contributed by atoms with van der Waals surface area (Å²) < 4.78 is 29.5. The molecular formula is C13H25N3O3S. The molecule has 1 N–H and O–H groups in total. The summed E-state index contributed by atoms with van der Waals surface area (Å²) in [5.41, 5.74) is 0.951. The fourth-order valence-electron chi connectivity index (χ4n) is 1.87. The standard InChI is InChI=1S/C13H25N3O3S/c1-4-19-9-6-8-16-11-12(2)15-13(16)14-7-5-10-20(3,17)18/h11H,4-10H2,1-3H3,(H,14,15). The number of rotatable bonds is 10. The lowest BCUT2D eigenvalue weighted by Crippen LogP contribution is -2.13. The van der Waals surface area contributed by atoms with Crippen molar-refractivity contribution in [2.45, 2.75) is 33.2 Å². The Morgan fingerprint density at radius 3 is 2.80 bits per heavy atom. The van der Waals surface area contributed by atoms with Crippen LogP contribution in [0.3, 0.4) is 0 Å². The van der Waals surface area contributed by atoms with E-state index < -0.39 is 9.84 Å². The normalized spacial score (nSPS) is 11.8. The fraction of sp³-hybridized carbons (Fsp3) is 0.769. The van der Waals surface area contributed by atoms with Crippen molar-refractivity contribution in [1.29, 1.82) is 0 Å². The van der Waals surface area contributed by atoms with Gasteiger partial charge >= 0.3 is 0 Å². The first-order valence-corrected chi connectivity index (χ1v) is 9.01. The van der Waals surface area contributed by atoms with E-state index >= 15 is 0 Å². The molecular weight excluding hydrogens is 278 g/mol. The maximum absolute atomic E-state index is 11.1. The Hall–Kier alpha value is -1.08. The van der Waals surface area contributed by atoms with Gasteiger partial charge in [-0.15, -0.1) is 0 Å². The van der Waals surface area contributed by atoms with Crippen LogP contribution in [0, 0.1) is 6.92 Å². The minimum Gasteiger partial charge on any atom is -0.382 e. The first-order valence-electron chi connectivity index (χ1n) is 6.95. The Bertz CT molecular complexity index is 497. The molecule has 0 saturated heterocycles. The van der Waals surface area contributed by atoms with E-state index in [-0.39, 0.29) is 5.75 Å². The molecule has 0 aromatic carbocycles. The average molecular weight is 303 g/mol. The van der Waals surface area contributed by atoms with Crippen LogP contribution in [-0.4, -0.2) is 49.7 Å². The fourth-order valence-corrected chi connectivity index (χ4v) is 2.54. The molecule has 1 aromatic heterocycles. The highest BCUT2D eigenvalue weighted by Crippen LogP contribution is 2.09. The second kappa shape index (κ2) is 8.26. The van der Waals surface area contributed by atoms with Gasteiger partial charge in [-0.2, -0.15) is 0 Å². The Morgan fingerprint density at radius 2 is 2.15 bits per heavy atom. The van der Waals surface area contributed by atoms with E-state index in [0.717, 1.165) is 37.8 Å². The van der Waals surface area contributed by atoms with Crippen molar-refractivity contribution in [2.75, 3.05) is 37.1 Å². The minimum atomic E-state index is -2.89. The number of hydrogen-bond acceptors (Lipinski definition) is 5. The zero-order valence-electron chi connectivity index (χ0n) is 12.6. The van der Waals surface area contributed by atoms with Crippen LogP contribution >= 0.6 is 0 Å². The van der Waals surface area contributed by atoms with E-state index in [1.807, 2.05) is 20.0 Å². The molecule has 1 aromatic rings. The van der Waals surface area contributed by atoms with Gasteiger partial charge in [-0.05, 0) is 26.7 Å². The molecule has 0 fully saturated rings. The summed E-state index contributed by atoms with van der Waals surface area (Å²) >= 11 is 0. The van der Waals surface area contributed by atoms with Crippen molar-refractivity contribution in [2.24, 2.45) is 0 Å². The van der Waals surface area contributed by atoms with Crippen LogP contribution in [0.4, 0.5) is 5.95 Å². The second-order valence-corrected chi connectivity index (χ2v) is 7.12. The van der Waals surface area contributed by atoms with Gasteiger partial charge in [-0.25, -0.2) is 13.4 Å². The summed E-state index contributed by atoms with van der Waals surface area (Å²) in [6, 6.07) is 0. The van der Waals surface area contributed by atoms with Gasteiger partial charge in [-0.1, -0.05) is 0 Å². The van der Waals surface area contributed by atoms with Gasteiger partial charge in [0, 0.05) is 38.8 Å². The van der Waals surface area contributed by atoms with Crippen LogP contribution in [0.1, 0.15) is 25.5 Å². The number of nitrogens with one attached hydrogen (secondary N) is 1. The molecule has 0 bridgehead atoms. The molecule has 0 saturated carbocycles. The smallest absolute Gasteiger partial charge is 0.203 e. The maximum Gasteiger partial charge on any atom is 0.203 e. The zero-order chi connectivity index (χ0) is 15.0. The topological polar surface area (TPSA) is 73.2 Å². The third-order valence-electron chi connectivity index (χ3n) is 2.76. The number of hydrogen-bond donors (Lipinski definition) is 1. The van der Waals surface area contributed by atoms with Gasteiger partial charge < -0.3 is 14.6 Å². The summed E-state index contributed by atoms with van der Waals surface area (Å²) in [6.07, 6.45) is 4.77. The molecule has 0 spiro atoms. The van der Waals surface area contributed by atoms with E-state index in [2.05, 4.69) is 14.9 Å². The van der Waals surface area contributed by atoms with E-state index in [1.54, 1.807) is 0 Å². The first-order chi connectivity index (χ1) is 9.42. The molecule has 6 nitrogen and oxygen atoms in total. The first kappa shape index (κ1) is 17.0. The zero-order valence-corrected chi connectivity index (χ0v) is 13.4. The van der Waals surface area contributed by atoms with Crippen LogP contribution in [0.5, 0.6) is 0 Å². The number of aromatic nitrogens is 2. The summed E-state index contributed by atoms with van der Waals surface area (Å²) in [4.78, 5) is 4.41. The summed E-state index contributed by atoms with van der Waals surface area (Å²) in [5, 5.41) is 3.19. The van der Waals surface area contributed by atoms with Crippen molar-refractivity contribution in [3.8, 4) is 0 Å². The number of aryl methyl sites for hydroxylation is 2. The lowest BCUT2D eigenvalue weighted by molar-refractivity contribution is 0.142. The lowest BCUT2D eigenvalue weighted by atomic mass is 10.4. The molecule has 0 amide bonds. The van der Waals surface area contributed by atoms with Crippen molar-refractivity contribution in [3.05, 3.63) is 11.9 Å². The third kappa shape index (κ3) is 6.91. The maximum atomic E-state index is 11.1. The molecule has 1 heterocycles. The highest BCUT2D eigenvalue weighted by molar-refractivity contribution is 7.90. The Morgan fingerprint density at radius 1 is 1.40 bits per heavy atom. The SMILES string of the molecule is CCOCCCn1cc(C)nc1NCCCS(C)(=O)=O. The number of anilines is 1. The van der Waals surface area contributed by atoms with E-state index in [1.165, 1.54) is 6.26 Å². The Kier molecular flexibility index (Phi) is 7.01. The van der Waals surface area contributed by atoms with Crippen molar-refractivity contribution in [3.63, 3.8) is 0 Å². The van der Waals surface area contributed by atoms with Crippen LogP contribution < -0.4 is 5.32 Å². The monoisotopic (exact) mass is 303 g/mol. The van der Waals surface area contributed by atoms with E-state index in [9.17, 15) is 8.42 Å². The molecule has 0 aliphatic carbocycles. The number of imidazole rings is 1. The van der Waals surface area contributed by atoms with Gasteiger partial charge in [-0.3, -0.25) is 0 Å². The summed E-state index contributed by atoms with van der Waals surface area (Å²) in [7, 11) is -2.89. The third-order valence-corrected chi connectivity index (χ3v) is 3.79. The van der Waals surface area contributed by atoms with Gasteiger partial charge in [0.1, 0.15) is 9.84 Å². The molecule has 7 heteroatoms.